The molecule has 1 aliphatic rings. The zero-order chi connectivity index (χ0) is 17.0. The summed E-state index contributed by atoms with van der Waals surface area (Å²) in [5, 5.41) is 6.71. The molecule has 0 aliphatic heterocycles. The van der Waals surface area contributed by atoms with Crippen molar-refractivity contribution in [2.45, 2.75) is 44.7 Å². The van der Waals surface area contributed by atoms with E-state index in [1.54, 1.807) is 7.05 Å². The summed E-state index contributed by atoms with van der Waals surface area (Å²) in [6.45, 7) is 4.12. The van der Waals surface area contributed by atoms with Crippen molar-refractivity contribution in [1.29, 1.82) is 0 Å². The van der Waals surface area contributed by atoms with Gasteiger partial charge in [-0.25, -0.2) is 8.42 Å². The summed E-state index contributed by atoms with van der Waals surface area (Å²) in [5.41, 5.74) is 2.72. The molecule has 0 heterocycles. The maximum atomic E-state index is 11.2. The van der Waals surface area contributed by atoms with Crippen LogP contribution in [0, 0.1) is 6.92 Å². The summed E-state index contributed by atoms with van der Waals surface area (Å²) in [5.74, 6) is 1.46. The summed E-state index contributed by atoms with van der Waals surface area (Å²) in [6.07, 6.45) is 2.94. The Morgan fingerprint density at radius 1 is 1.39 bits per heavy atom. The quantitative estimate of drug-likeness (QED) is 0.614. The topological polar surface area (TPSA) is 70.6 Å². The van der Waals surface area contributed by atoms with Crippen molar-refractivity contribution in [1.82, 2.24) is 10.6 Å². The molecule has 128 valence electrons. The largest absolute Gasteiger partial charge is 0.354 e. The van der Waals surface area contributed by atoms with Gasteiger partial charge in [0.1, 0.15) is 9.84 Å². The Labute approximate surface area is 139 Å². The summed E-state index contributed by atoms with van der Waals surface area (Å²) in [7, 11) is -1.18. The highest BCUT2D eigenvalue weighted by atomic mass is 32.2. The smallest absolute Gasteiger partial charge is 0.191 e. The molecular formula is C17H27N3O2S. The highest BCUT2D eigenvalue weighted by Crippen LogP contribution is 2.41. The van der Waals surface area contributed by atoms with Crippen molar-refractivity contribution in [2.24, 2.45) is 4.99 Å². The van der Waals surface area contributed by atoms with Gasteiger partial charge in [0, 0.05) is 31.3 Å². The second-order valence-corrected chi connectivity index (χ2v) is 8.75. The summed E-state index contributed by atoms with van der Waals surface area (Å²) >= 11 is 0. The van der Waals surface area contributed by atoms with Gasteiger partial charge in [0.2, 0.25) is 0 Å². The molecule has 1 aromatic rings. The lowest BCUT2D eigenvalue weighted by atomic mass is 10.0. The average Bonchev–Trinajstić information content (AvgIpc) is 3.23. The Morgan fingerprint density at radius 2 is 2.09 bits per heavy atom. The molecule has 6 heteroatoms. The Kier molecular flexibility index (Phi) is 5.68. The van der Waals surface area contributed by atoms with E-state index in [4.69, 9.17) is 0 Å². The van der Waals surface area contributed by atoms with Crippen LogP contribution in [-0.4, -0.2) is 45.5 Å². The van der Waals surface area contributed by atoms with Gasteiger partial charge in [-0.05, 0) is 37.8 Å². The third-order valence-corrected chi connectivity index (χ3v) is 5.21. The van der Waals surface area contributed by atoms with Crippen LogP contribution in [0.3, 0.4) is 0 Å². The number of hydrogen-bond donors (Lipinski definition) is 2. The van der Waals surface area contributed by atoms with Gasteiger partial charge in [0.15, 0.2) is 5.96 Å². The number of guanidine groups is 1. The predicted molar refractivity (Wildman–Crippen MR) is 95.7 cm³/mol. The molecule has 1 aromatic carbocycles. The first-order valence-electron chi connectivity index (χ1n) is 8.03. The van der Waals surface area contributed by atoms with Gasteiger partial charge in [0.05, 0.1) is 5.75 Å². The second kappa shape index (κ2) is 7.34. The molecule has 1 aliphatic carbocycles. The molecule has 0 saturated heterocycles. The molecular weight excluding hydrogens is 310 g/mol. The fourth-order valence-electron chi connectivity index (χ4n) is 2.74. The van der Waals surface area contributed by atoms with Gasteiger partial charge >= 0.3 is 0 Å². The number of rotatable bonds is 6. The van der Waals surface area contributed by atoms with E-state index >= 15 is 0 Å². The molecule has 1 fully saturated rings. The number of benzene rings is 1. The van der Waals surface area contributed by atoms with Crippen molar-refractivity contribution in [3.63, 3.8) is 0 Å². The number of nitrogens with one attached hydrogen (secondary N) is 2. The van der Waals surface area contributed by atoms with Crippen molar-refractivity contribution >= 4 is 15.8 Å². The summed E-state index contributed by atoms with van der Waals surface area (Å²) in [6, 6.07) is 8.93. The summed E-state index contributed by atoms with van der Waals surface area (Å²) in [4.78, 5) is 4.25. The maximum Gasteiger partial charge on any atom is 0.191 e. The molecule has 5 nitrogen and oxygen atoms in total. The van der Waals surface area contributed by atoms with E-state index in [1.165, 1.54) is 17.4 Å². The zero-order valence-corrected chi connectivity index (χ0v) is 15.2. The standard InChI is InChI=1S/C17H27N3O2S/c1-12-7-5-6-8-14(12)15-11-16(15)20-17(18-3)19-13(2)9-10-23(4,21)22/h5-8,13,15-16H,9-11H2,1-4H3,(H2,18,19,20). The van der Waals surface area contributed by atoms with E-state index in [-0.39, 0.29) is 11.8 Å². The fraction of sp³-hybridized carbons (Fsp3) is 0.588. The van der Waals surface area contributed by atoms with E-state index in [9.17, 15) is 8.42 Å². The highest BCUT2D eigenvalue weighted by Gasteiger charge is 2.39. The van der Waals surface area contributed by atoms with Crippen LogP contribution in [0.1, 0.15) is 36.8 Å². The maximum absolute atomic E-state index is 11.2. The third-order valence-electron chi connectivity index (χ3n) is 4.23. The van der Waals surface area contributed by atoms with Gasteiger partial charge in [-0.2, -0.15) is 0 Å². The molecule has 0 bridgehead atoms. The van der Waals surface area contributed by atoms with Gasteiger partial charge in [0.25, 0.3) is 0 Å². The Morgan fingerprint density at radius 3 is 2.70 bits per heavy atom. The minimum atomic E-state index is -2.92. The molecule has 0 radical (unpaired) electrons. The number of hydrogen-bond acceptors (Lipinski definition) is 3. The third kappa shape index (κ3) is 5.53. The molecule has 2 N–H and O–H groups in total. The molecule has 23 heavy (non-hydrogen) atoms. The highest BCUT2D eigenvalue weighted by molar-refractivity contribution is 7.90. The van der Waals surface area contributed by atoms with Crippen LogP contribution in [-0.2, 0) is 9.84 Å². The first-order valence-corrected chi connectivity index (χ1v) is 10.1. The number of aliphatic imine (C=N–C) groups is 1. The number of nitrogens with zero attached hydrogens (tertiary/aromatic N) is 1. The van der Waals surface area contributed by atoms with Crippen LogP contribution >= 0.6 is 0 Å². The SMILES string of the molecule is CN=C(NC(C)CCS(C)(=O)=O)NC1CC1c1ccccc1C. The van der Waals surface area contributed by atoms with Crippen molar-refractivity contribution < 1.29 is 8.42 Å². The molecule has 3 unspecified atom stereocenters. The normalized spacial score (nSPS) is 22.5. The Hall–Kier alpha value is -1.56. The van der Waals surface area contributed by atoms with Crippen LogP contribution in [0.5, 0.6) is 0 Å². The molecule has 3 atom stereocenters. The van der Waals surface area contributed by atoms with E-state index in [2.05, 4.69) is 46.8 Å². The van der Waals surface area contributed by atoms with Gasteiger partial charge in [-0.1, -0.05) is 24.3 Å². The van der Waals surface area contributed by atoms with Crippen LogP contribution in [0.2, 0.25) is 0 Å². The van der Waals surface area contributed by atoms with E-state index in [0.29, 0.717) is 18.4 Å². The second-order valence-electron chi connectivity index (χ2n) is 6.49. The Balaban J connectivity index is 1.84. The number of aryl methyl sites for hydroxylation is 1. The zero-order valence-electron chi connectivity index (χ0n) is 14.3. The first kappa shape index (κ1) is 17.8. The van der Waals surface area contributed by atoms with E-state index < -0.39 is 9.84 Å². The van der Waals surface area contributed by atoms with E-state index in [1.807, 2.05) is 6.92 Å². The Bertz CT molecular complexity index is 670. The molecule has 2 rings (SSSR count). The van der Waals surface area contributed by atoms with E-state index in [0.717, 1.165) is 12.4 Å². The van der Waals surface area contributed by atoms with Crippen molar-refractivity contribution in [3.05, 3.63) is 35.4 Å². The predicted octanol–water partition coefficient (Wildman–Crippen LogP) is 1.84. The molecule has 1 saturated carbocycles. The van der Waals surface area contributed by atoms with Crippen molar-refractivity contribution in [2.75, 3.05) is 19.1 Å². The summed E-state index contributed by atoms with van der Waals surface area (Å²) < 4.78 is 22.5. The van der Waals surface area contributed by atoms with Crippen LogP contribution in [0.25, 0.3) is 0 Å². The lowest BCUT2D eigenvalue weighted by Gasteiger charge is -2.18. The first-order chi connectivity index (χ1) is 10.8. The van der Waals surface area contributed by atoms with Gasteiger partial charge in [-0.3, -0.25) is 4.99 Å². The lowest BCUT2D eigenvalue weighted by molar-refractivity contribution is 0.581. The van der Waals surface area contributed by atoms with Gasteiger partial charge < -0.3 is 10.6 Å². The fourth-order valence-corrected chi connectivity index (χ4v) is 3.53. The minimum absolute atomic E-state index is 0.0617. The average molecular weight is 337 g/mol. The molecule has 0 aromatic heterocycles. The number of sulfone groups is 1. The lowest BCUT2D eigenvalue weighted by Crippen LogP contribution is -2.44. The van der Waals surface area contributed by atoms with Crippen LogP contribution < -0.4 is 10.6 Å². The van der Waals surface area contributed by atoms with Crippen LogP contribution in [0.4, 0.5) is 0 Å². The minimum Gasteiger partial charge on any atom is -0.354 e. The molecule has 0 amide bonds. The molecule has 0 spiro atoms. The van der Waals surface area contributed by atoms with Gasteiger partial charge in [-0.15, -0.1) is 0 Å². The van der Waals surface area contributed by atoms with Crippen LogP contribution in [0.15, 0.2) is 29.3 Å². The monoisotopic (exact) mass is 337 g/mol. The van der Waals surface area contributed by atoms with Crippen molar-refractivity contribution in [3.8, 4) is 0 Å².